The van der Waals surface area contributed by atoms with Gasteiger partial charge in [0.15, 0.2) is 5.96 Å². The quantitative estimate of drug-likeness (QED) is 0.537. The van der Waals surface area contributed by atoms with Crippen LogP contribution in [-0.4, -0.2) is 73.2 Å². The largest absolute Gasteiger partial charge is 0.372 e. The van der Waals surface area contributed by atoms with Crippen LogP contribution < -0.4 is 15.5 Å². The van der Waals surface area contributed by atoms with Gasteiger partial charge in [0, 0.05) is 57.9 Å². The molecule has 0 bridgehead atoms. The third-order valence-electron chi connectivity index (χ3n) is 6.78. The highest BCUT2D eigenvalue weighted by Crippen LogP contribution is 2.27. The summed E-state index contributed by atoms with van der Waals surface area (Å²) in [6.45, 7) is 8.21. The minimum atomic E-state index is 0.219. The second-order valence-corrected chi connectivity index (χ2v) is 9.51. The normalized spacial score (nSPS) is 27.1. The number of nitrogens with one attached hydrogen (secondary N) is 2. The lowest BCUT2D eigenvalue weighted by atomic mass is 10.1. The first-order chi connectivity index (χ1) is 15.5. The Bertz CT molecular complexity index is 782. The summed E-state index contributed by atoms with van der Waals surface area (Å²) < 4.78 is 5.82. The maximum Gasteiger partial charge on any atom is 0.225 e. The molecule has 2 saturated heterocycles. The zero-order valence-corrected chi connectivity index (χ0v) is 19.7. The minimum Gasteiger partial charge on any atom is -0.372 e. The van der Waals surface area contributed by atoms with E-state index < -0.39 is 0 Å². The Hall–Kier alpha value is -2.35. The van der Waals surface area contributed by atoms with E-state index in [0.29, 0.717) is 12.5 Å². The second-order valence-electron chi connectivity index (χ2n) is 9.51. The van der Waals surface area contributed by atoms with Gasteiger partial charge in [0.2, 0.25) is 5.91 Å². The van der Waals surface area contributed by atoms with Crippen molar-refractivity contribution in [1.29, 1.82) is 0 Å². The maximum absolute atomic E-state index is 12.7. The molecule has 176 valence electrons. The Morgan fingerprint density at radius 3 is 2.56 bits per heavy atom. The van der Waals surface area contributed by atoms with Gasteiger partial charge in [0.25, 0.3) is 0 Å². The molecule has 1 aromatic heterocycles. The molecule has 8 heteroatoms. The molecule has 3 aliphatic rings. The lowest BCUT2D eigenvalue weighted by molar-refractivity contribution is -0.134. The summed E-state index contributed by atoms with van der Waals surface area (Å²) in [5.74, 6) is 2.37. The van der Waals surface area contributed by atoms with Gasteiger partial charge >= 0.3 is 0 Å². The number of aromatic nitrogens is 1. The topological polar surface area (TPSA) is 82.1 Å². The number of carbonyl (C=O) groups excluding carboxylic acids is 1. The van der Waals surface area contributed by atoms with Crippen LogP contribution in [0.1, 0.15) is 51.5 Å². The van der Waals surface area contributed by atoms with E-state index in [9.17, 15) is 4.79 Å². The van der Waals surface area contributed by atoms with Crippen LogP contribution in [0.4, 0.5) is 5.82 Å². The van der Waals surface area contributed by atoms with Crippen molar-refractivity contribution in [2.24, 2.45) is 10.9 Å². The van der Waals surface area contributed by atoms with Gasteiger partial charge in [-0.15, -0.1) is 0 Å². The van der Waals surface area contributed by atoms with Crippen molar-refractivity contribution >= 4 is 17.7 Å². The Labute approximate surface area is 191 Å². The van der Waals surface area contributed by atoms with Gasteiger partial charge in [0.05, 0.1) is 12.2 Å². The fourth-order valence-electron chi connectivity index (χ4n) is 5.16. The van der Waals surface area contributed by atoms with E-state index in [2.05, 4.69) is 51.5 Å². The molecule has 3 heterocycles. The van der Waals surface area contributed by atoms with Crippen molar-refractivity contribution in [2.45, 2.75) is 70.7 Å². The van der Waals surface area contributed by atoms with Crippen LogP contribution in [0, 0.1) is 5.92 Å². The summed E-state index contributed by atoms with van der Waals surface area (Å²) in [4.78, 5) is 26.0. The molecule has 2 N–H and O–H groups in total. The number of likely N-dealkylation sites (tertiary alicyclic amines) is 1. The molecule has 8 nitrogen and oxygen atoms in total. The molecular formula is C24H38N6O2. The summed E-state index contributed by atoms with van der Waals surface area (Å²) in [5, 5.41) is 6.87. The van der Waals surface area contributed by atoms with Crippen molar-refractivity contribution in [3.8, 4) is 0 Å². The number of aliphatic imine (C=N–C) groups is 1. The number of pyridine rings is 1. The summed E-state index contributed by atoms with van der Waals surface area (Å²) in [7, 11) is 1.79. The Balaban J connectivity index is 1.24. The van der Waals surface area contributed by atoms with Crippen molar-refractivity contribution < 1.29 is 9.53 Å². The highest BCUT2D eigenvalue weighted by atomic mass is 16.5. The summed E-state index contributed by atoms with van der Waals surface area (Å²) in [5.41, 5.74) is 1.11. The molecule has 32 heavy (non-hydrogen) atoms. The summed E-state index contributed by atoms with van der Waals surface area (Å²) >= 11 is 0. The number of amides is 1. The number of hydrogen-bond donors (Lipinski definition) is 2. The molecule has 3 atom stereocenters. The van der Waals surface area contributed by atoms with Crippen LogP contribution in [0.15, 0.2) is 23.3 Å². The van der Waals surface area contributed by atoms with Gasteiger partial charge in [0.1, 0.15) is 5.82 Å². The monoisotopic (exact) mass is 442 g/mol. The van der Waals surface area contributed by atoms with E-state index in [1.807, 2.05) is 11.1 Å². The number of hydrogen-bond acceptors (Lipinski definition) is 5. The number of anilines is 1. The average molecular weight is 443 g/mol. The summed E-state index contributed by atoms with van der Waals surface area (Å²) in [6, 6.07) is 4.45. The van der Waals surface area contributed by atoms with Crippen LogP contribution in [0.3, 0.4) is 0 Å². The van der Waals surface area contributed by atoms with Crippen LogP contribution in [0.5, 0.6) is 0 Å². The maximum atomic E-state index is 12.7. The standard InChI is InChI=1S/C24H38N6O2/c1-17-14-30(15-18(2)32-17)22-9-8-19(12-26-22)13-27-24(25-3)28-21-10-11-29(16-21)23(31)20-6-4-5-7-20/h8-9,12,17-18,20-21H,4-7,10-11,13-16H2,1-3H3,(H2,25,27,28). The highest BCUT2D eigenvalue weighted by Gasteiger charge is 2.32. The van der Waals surface area contributed by atoms with Gasteiger partial charge < -0.3 is 25.2 Å². The van der Waals surface area contributed by atoms with Crippen LogP contribution in [-0.2, 0) is 16.1 Å². The molecule has 0 radical (unpaired) electrons. The average Bonchev–Trinajstić information content (AvgIpc) is 3.48. The Morgan fingerprint density at radius 1 is 1.16 bits per heavy atom. The van der Waals surface area contributed by atoms with Gasteiger partial charge in [-0.3, -0.25) is 9.79 Å². The molecule has 1 aliphatic carbocycles. The molecule has 1 saturated carbocycles. The van der Waals surface area contributed by atoms with E-state index >= 15 is 0 Å². The minimum absolute atomic E-state index is 0.219. The van der Waals surface area contributed by atoms with Crippen LogP contribution in [0.2, 0.25) is 0 Å². The molecule has 0 aromatic carbocycles. The predicted octanol–water partition coefficient (Wildman–Crippen LogP) is 2.15. The first kappa shape index (κ1) is 22.8. The first-order valence-corrected chi connectivity index (χ1v) is 12.1. The van der Waals surface area contributed by atoms with Crippen molar-refractivity contribution in [1.82, 2.24) is 20.5 Å². The molecule has 2 aliphatic heterocycles. The third kappa shape index (κ3) is 5.71. The van der Waals surface area contributed by atoms with E-state index in [4.69, 9.17) is 4.74 Å². The molecule has 0 spiro atoms. The van der Waals surface area contributed by atoms with Crippen molar-refractivity contribution in [3.05, 3.63) is 23.9 Å². The lowest BCUT2D eigenvalue weighted by Crippen LogP contribution is -2.46. The first-order valence-electron chi connectivity index (χ1n) is 12.1. The number of guanidine groups is 1. The Morgan fingerprint density at radius 2 is 1.91 bits per heavy atom. The zero-order chi connectivity index (χ0) is 22.5. The van der Waals surface area contributed by atoms with E-state index in [1.54, 1.807) is 7.05 Å². The van der Waals surface area contributed by atoms with Gasteiger partial charge in [-0.25, -0.2) is 4.98 Å². The number of morpholine rings is 1. The van der Waals surface area contributed by atoms with Crippen molar-refractivity contribution in [2.75, 3.05) is 38.1 Å². The molecule has 1 aromatic rings. The fourth-order valence-corrected chi connectivity index (χ4v) is 5.16. The number of carbonyl (C=O) groups is 1. The van der Waals surface area contributed by atoms with Crippen molar-refractivity contribution in [3.63, 3.8) is 0 Å². The van der Waals surface area contributed by atoms with Gasteiger partial charge in [-0.2, -0.15) is 0 Å². The molecule has 1 amide bonds. The number of rotatable bonds is 5. The lowest BCUT2D eigenvalue weighted by Gasteiger charge is -2.36. The highest BCUT2D eigenvalue weighted by molar-refractivity contribution is 5.81. The molecule has 3 unspecified atom stereocenters. The van der Waals surface area contributed by atoms with E-state index in [-0.39, 0.29) is 24.2 Å². The molecule has 4 rings (SSSR count). The number of nitrogens with zero attached hydrogens (tertiary/aromatic N) is 4. The van der Waals surface area contributed by atoms with E-state index in [0.717, 1.165) is 62.8 Å². The predicted molar refractivity (Wildman–Crippen MR) is 127 cm³/mol. The van der Waals surface area contributed by atoms with Crippen LogP contribution >= 0.6 is 0 Å². The van der Waals surface area contributed by atoms with E-state index in [1.165, 1.54) is 12.8 Å². The second kappa shape index (κ2) is 10.5. The zero-order valence-electron chi connectivity index (χ0n) is 19.7. The van der Waals surface area contributed by atoms with Gasteiger partial charge in [-0.05, 0) is 44.7 Å². The number of ether oxygens (including phenoxy) is 1. The third-order valence-corrected chi connectivity index (χ3v) is 6.78. The molecule has 3 fully saturated rings. The van der Waals surface area contributed by atoms with Crippen LogP contribution in [0.25, 0.3) is 0 Å². The molecular weight excluding hydrogens is 404 g/mol. The SMILES string of the molecule is CN=C(NCc1ccc(N2CC(C)OC(C)C2)nc1)NC1CCN(C(=O)C2CCCC2)C1. The Kier molecular flexibility index (Phi) is 7.50. The smallest absolute Gasteiger partial charge is 0.225 e. The fraction of sp³-hybridized carbons (Fsp3) is 0.708. The van der Waals surface area contributed by atoms with Gasteiger partial charge in [-0.1, -0.05) is 18.9 Å². The summed E-state index contributed by atoms with van der Waals surface area (Å²) in [6.07, 6.45) is 7.85.